The third kappa shape index (κ3) is 2.82. The largest absolute Gasteiger partial charge is 0.323 e. The molecule has 0 fully saturated rings. The molecule has 0 radical (unpaired) electrons. The first kappa shape index (κ1) is 14.2. The van der Waals surface area contributed by atoms with Crippen LogP contribution in [0.15, 0.2) is 47.3 Å². The maximum atomic E-state index is 11.9. The summed E-state index contributed by atoms with van der Waals surface area (Å²) in [5.41, 5.74) is 1.74. The smallest absolute Gasteiger partial charge is 0.308 e. The molecule has 0 unspecified atom stereocenters. The Bertz CT molecular complexity index is 896. The molecule has 3 rings (SSSR count). The second kappa shape index (κ2) is 5.57. The van der Waals surface area contributed by atoms with Crippen LogP contribution in [0.2, 0.25) is 5.02 Å². The number of aromatic amines is 1. The molecular formula is C15H13ClN4O2. The number of carbonyl (C=O) groups excluding carboxylic acids is 1. The molecule has 0 atom stereocenters. The van der Waals surface area contributed by atoms with Gasteiger partial charge in [0.05, 0.1) is 10.9 Å². The van der Waals surface area contributed by atoms with Gasteiger partial charge >= 0.3 is 6.03 Å². The van der Waals surface area contributed by atoms with E-state index in [1.54, 1.807) is 54.2 Å². The van der Waals surface area contributed by atoms with Gasteiger partial charge < -0.3 is 10.6 Å². The van der Waals surface area contributed by atoms with Gasteiger partial charge in [0.25, 0.3) is 5.56 Å². The van der Waals surface area contributed by atoms with Gasteiger partial charge in [-0.2, -0.15) is 0 Å². The van der Waals surface area contributed by atoms with E-state index in [1.165, 1.54) is 0 Å². The lowest BCUT2D eigenvalue weighted by atomic mass is 10.2. The molecule has 3 N–H and O–H groups in total. The molecule has 6 nitrogen and oxygen atoms in total. The summed E-state index contributed by atoms with van der Waals surface area (Å²) in [5, 5.41) is 9.15. The number of rotatable bonds is 2. The topological polar surface area (TPSA) is 78.9 Å². The number of nitrogens with one attached hydrogen (secondary N) is 3. The van der Waals surface area contributed by atoms with Crippen LogP contribution in [0, 0.1) is 0 Å². The van der Waals surface area contributed by atoms with Gasteiger partial charge in [-0.05, 0) is 42.5 Å². The van der Waals surface area contributed by atoms with Crippen LogP contribution in [0.4, 0.5) is 16.2 Å². The van der Waals surface area contributed by atoms with Crippen molar-refractivity contribution < 1.29 is 4.79 Å². The molecule has 0 saturated carbocycles. The fourth-order valence-corrected chi connectivity index (χ4v) is 2.31. The predicted molar refractivity (Wildman–Crippen MR) is 87.6 cm³/mol. The monoisotopic (exact) mass is 316 g/mol. The number of hydrogen-bond acceptors (Lipinski definition) is 2. The lowest BCUT2D eigenvalue weighted by molar-refractivity contribution is 0.262. The zero-order chi connectivity index (χ0) is 15.7. The van der Waals surface area contributed by atoms with Crippen molar-refractivity contribution in [3.63, 3.8) is 0 Å². The second-order valence-corrected chi connectivity index (χ2v) is 5.25. The summed E-state index contributed by atoms with van der Waals surface area (Å²) in [4.78, 5) is 23.7. The fraction of sp³-hybridized carbons (Fsp3) is 0.0667. The molecule has 1 heterocycles. The van der Waals surface area contributed by atoms with Crippen molar-refractivity contribution in [2.24, 2.45) is 7.05 Å². The van der Waals surface area contributed by atoms with Crippen LogP contribution in [-0.2, 0) is 7.05 Å². The van der Waals surface area contributed by atoms with Crippen LogP contribution in [0.1, 0.15) is 0 Å². The fourth-order valence-electron chi connectivity index (χ4n) is 2.19. The summed E-state index contributed by atoms with van der Waals surface area (Å²) in [5.74, 6) is 0. The van der Waals surface area contributed by atoms with Crippen molar-refractivity contribution in [2.45, 2.75) is 0 Å². The Morgan fingerprint density at radius 1 is 1.09 bits per heavy atom. The maximum Gasteiger partial charge on any atom is 0.323 e. The highest BCUT2D eigenvalue weighted by atomic mass is 35.5. The minimum atomic E-state index is -0.394. The molecule has 1 aromatic heterocycles. The lowest BCUT2D eigenvalue weighted by Gasteiger charge is -2.08. The molecule has 2 amide bonds. The first-order valence-electron chi connectivity index (χ1n) is 6.55. The zero-order valence-electron chi connectivity index (χ0n) is 11.7. The summed E-state index contributed by atoms with van der Waals surface area (Å²) in [7, 11) is 1.75. The van der Waals surface area contributed by atoms with E-state index in [-0.39, 0.29) is 5.56 Å². The molecule has 2 aromatic carbocycles. The molecule has 7 heteroatoms. The van der Waals surface area contributed by atoms with Gasteiger partial charge in [-0.15, -0.1) is 0 Å². The summed E-state index contributed by atoms with van der Waals surface area (Å²) in [6, 6.07) is 11.5. The van der Waals surface area contributed by atoms with Crippen LogP contribution < -0.4 is 16.2 Å². The van der Waals surface area contributed by atoms with Gasteiger partial charge in [-0.1, -0.05) is 11.6 Å². The Kier molecular flexibility index (Phi) is 3.60. The van der Waals surface area contributed by atoms with Gasteiger partial charge in [0, 0.05) is 23.4 Å². The highest BCUT2D eigenvalue weighted by Gasteiger charge is 2.07. The second-order valence-electron chi connectivity index (χ2n) is 4.82. The minimum absolute atomic E-state index is 0.195. The van der Waals surface area contributed by atoms with Crippen molar-refractivity contribution in [3.8, 4) is 0 Å². The number of hydrogen-bond donors (Lipinski definition) is 3. The summed E-state index contributed by atoms with van der Waals surface area (Å²) >= 11 is 5.79. The Labute approximate surface area is 130 Å². The number of halogens is 1. The molecular weight excluding hydrogens is 304 g/mol. The van der Waals surface area contributed by atoms with Gasteiger partial charge in [-0.3, -0.25) is 14.6 Å². The number of urea groups is 1. The van der Waals surface area contributed by atoms with E-state index in [0.717, 1.165) is 5.52 Å². The van der Waals surface area contributed by atoms with Crippen LogP contribution in [0.5, 0.6) is 0 Å². The van der Waals surface area contributed by atoms with Crippen LogP contribution in [0.3, 0.4) is 0 Å². The SMILES string of the molecule is Cn1[nH]c(=O)c2cc(NC(=O)Nc3ccc(Cl)cc3)ccc21. The van der Waals surface area contributed by atoms with Crippen molar-refractivity contribution >= 4 is 39.9 Å². The summed E-state index contributed by atoms with van der Waals surface area (Å²) in [6.07, 6.45) is 0. The molecule has 0 spiro atoms. The third-order valence-corrected chi connectivity index (χ3v) is 3.48. The number of carbonyl (C=O) groups is 1. The number of H-pyrrole nitrogens is 1. The van der Waals surface area contributed by atoms with Crippen LogP contribution >= 0.6 is 11.6 Å². The van der Waals surface area contributed by atoms with Gasteiger partial charge in [0.15, 0.2) is 0 Å². The first-order chi connectivity index (χ1) is 10.5. The Balaban J connectivity index is 1.77. The zero-order valence-corrected chi connectivity index (χ0v) is 12.4. The highest BCUT2D eigenvalue weighted by molar-refractivity contribution is 6.30. The summed E-state index contributed by atoms with van der Waals surface area (Å²) in [6.45, 7) is 0. The lowest BCUT2D eigenvalue weighted by Crippen LogP contribution is -2.19. The Hall–Kier alpha value is -2.73. The average molecular weight is 317 g/mol. The van der Waals surface area contributed by atoms with Crippen molar-refractivity contribution in [1.29, 1.82) is 0 Å². The number of benzene rings is 2. The molecule has 0 saturated heterocycles. The van der Waals surface area contributed by atoms with E-state index in [4.69, 9.17) is 11.6 Å². The number of nitrogens with zero attached hydrogens (tertiary/aromatic N) is 1. The van der Waals surface area contributed by atoms with E-state index >= 15 is 0 Å². The van der Waals surface area contributed by atoms with Crippen molar-refractivity contribution in [1.82, 2.24) is 9.78 Å². The molecule has 0 bridgehead atoms. The molecule has 22 heavy (non-hydrogen) atoms. The third-order valence-electron chi connectivity index (χ3n) is 3.23. The highest BCUT2D eigenvalue weighted by Crippen LogP contribution is 2.17. The maximum absolute atomic E-state index is 11.9. The van der Waals surface area contributed by atoms with E-state index in [0.29, 0.717) is 21.8 Å². The van der Waals surface area contributed by atoms with Gasteiger partial charge in [0.1, 0.15) is 0 Å². The Morgan fingerprint density at radius 3 is 2.45 bits per heavy atom. The summed E-state index contributed by atoms with van der Waals surface area (Å²) < 4.78 is 1.63. The van der Waals surface area contributed by atoms with E-state index in [1.807, 2.05) is 0 Å². The standard InChI is InChI=1S/C15H13ClN4O2/c1-20-13-7-6-11(8-12(13)14(21)19-20)18-15(22)17-10-4-2-9(16)3-5-10/h2-8H,1H3,(H,19,21)(H2,17,18,22). The quantitative estimate of drug-likeness (QED) is 0.679. The number of fused-ring (bicyclic) bond motifs is 1. The van der Waals surface area contributed by atoms with Gasteiger partial charge in [0.2, 0.25) is 0 Å². The number of aromatic nitrogens is 2. The predicted octanol–water partition coefficient (Wildman–Crippen LogP) is 3.16. The molecule has 3 aromatic rings. The van der Waals surface area contributed by atoms with E-state index in [9.17, 15) is 9.59 Å². The van der Waals surface area contributed by atoms with Crippen LogP contribution in [-0.4, -0.2) is 15.8 Å². The number of amides is 2. The van der Waals surface area contributed by atoms with E-state index in [2.05, 4.69) is 15.7 Å². The minimum Gasteiger partial charge on any atom is -0.308 e. The normalized spacial score (nSPS) is 10.6. The molecule has 112 valence electrons. The van der Waals surface area contributed by atoms with Crippen molar-refractivity contribution in [3.05, 3.63) is 57.8 Å². The molecule has 0 aliphatic heterocycles. The average Bonchev–Trinajstić information content (AvgIpc) is 2.76. The molecule has 0 aliphatic rings. The number of anilines is 2. The first-order valence-corrected chi connectivity index (χ1v) is 6.93. The van der Waals surface area contributed by atoms with E-state index < -0.39 is 6.03 Å². The number of aryl methyl sites for hydroxylation is 1. The van der Waals surface area contributed by atoms with Gasteiger partial charge in [-0.25, -0.2) is 4.79 Å². The van der Waals surface area contributed by atoms with Crippen LogP contribution in [0.25, 0.3) is 10.9 Å². The van der Waals surface area contributed by atoms with Crippen molar-refractivity contribution in [2.75, 3.05) is 10.6 Å². The Morgan fingerprint density at radius 2 is 1.73 bits per heavy atom. The molecule has 0 aliphatic carbocycles.